The van der Waals surface area contributed by atoms with Crippen molar-refractivity contribution >= 4 is 12.0 Å². The highest BCUT2D eigenvalue weighted by atomic mass is 16.6. The molecule has 1 amide bonds. The summed E-state index contributed by atoms with van der Waals surface area (Å²) in [5.74, 6) is 2.64. The molecule has 6 heteroatoms. The average Bonchev–Trinajstić information content (AvgIpc) is 2.71. The first-order valence-corrected chi connectivity index (χ1v) is 8.64. The average molecular weight is 369 g/mol. The van der Waals surface area contributed by atoms with Gasteiger partial charge in [0.25, 0.3) is 0 Å². The van der Waals surface area contributed by atoms with Crippen LogP contribution in [0, 0.1) is 0 Å². The van der Waals surface area contributed by atoms with Crippen LogP contribution in [-0.4, -0.2) is 51.3 Å². The summed E-state index contributed by atoms with van der Waals surface area (Å²) in [6.45, 7) is 0.835. The van der Waals surface area contributed by atoms with Gasteiger partial charge in [-0.15, -0.1) is 0 Å². The Kier molecular flexibility index (Phi) is 5.86. The summed E-state index contributed by atoms with van der Waals surface area (Å²) in [6.07, 6.45) is 3.03. The fourth-order valence-corrected chi connectivity index (χ4v) is 2.79. The van der Waals surface area contributed by atoms with E-state index in [9.17, 15) is 4.79 Å². The van der Waals surface area contributed by atoms with E-state index >= 15 is 0 Å². The molecule has 0 N–H and O–H groups in total. The highest BCUT2D eigenvalue weighted by molar-refractivity contribution is 5.92. The van der Waals surface area contributed by atoms with Crippen LogP contribution in [0.15, 0.2) is 48.5 Å². The van der Waals surface area contributed by atoms with Gasteiger partial charge < -0.3 is 23.8 Å². The Hall–Kier alpha value is -3.15. The van der Waals surface area contributed by atoms with Gasteiger partial charge in [0.1, 0.15) is 18.1 Å². The molecule has 2 aromatic rings. The Labute approximate surface area is 158 Å². The topological polar surface area (TPSA) is 57.2 Å². The molecule has 1 aliphatic rings. The molecule has 3 rings (SSSR count). The molecule has 0 bridgehead atoms. The SMILES string of the molecule is COc1ccc(/C=C/C(=O)N(C)CC2COc3ccccc3O2)c(OC)c1. The number of hydrogen-bond donors (Lipinski definition) is 0. The number of fused-ring (bicyclic) bond motifs is 1. The number of para-hydroxylation sites is 2. The number of hydrogen-bond acceptors (Lipinski definition) is 5. The van der Waals surface area contributed by atoms with E-state index in [2.05, 4.69) is 0 Å². The van der Waals surface area contributed by atoms with Crippen LogP contribution in [0.2, 0.25) is 0 Å². The molecule has 1 unspecified atom stereocenters. The van der Waals surface area contributed by atoms with Crippen molar-refractivity contribution in [2.75, 3.05) is 34.4 Å². The highest BCUT2D eigenvalue weighted by Crippen LogP contribution is 2.31. The lowest BCUT2D eigenvalue weighted by atomic mass is 10.1. The van der Waals surface area contributed by atoms with Crippen LogP contribution in [0.5, 0.6) is 23.0 Å². The molecule has 0 aromatic heterocycles. The maximum atomic E-state index is 12.4. The van der Waals surface area contributed by atoms with Gasteiger partial charge in [0, 0.05) is 24.8 Å². The second-order valence-corrected chi connectivity index (χ2v) is 6.16. The number of likely N-dealkylation sites (N-methyl/N-ethyl adjacent to an activating group) is 1. The van der Waals surface area contributed by atoms with Crippen molar-refractivity contribution in [3.8, 4) is 23.0 Å². The zero-order chi connectivity index (χ0) is 19.2. The zero-order valence-electron chi connectivity index (χ0n) is 15.7. The number of methoxy groups -OCH3 is 2. The molecule has 0 fully saturated rings. The molecular weight excluding hydrogens is 346 g/mol. The minimum absolute atomic E-state index is 0.129. The molecule has 1 heterocycles. The first-order chi connectivity index (χ1) is 13.1. The minimum atomic E-state index is -0.210. The molecule has 0 spiro atoms. The number of carbonyl (C=O) groups is 1. The van der Waals surface area contributed by atoms with Crippen LogP contribution in [0.1, 0.15) is 5.56 Å². The van der Waals surface area contributed by atoms with E-state index in [4.69, 9.17) is 18.9 Å². The standard InChI is InChI=1S/C21H23NO5/c1-22(13-17-14-26-18-6-4-5-7-19(18)27-17)21(23)11-9-15-8-10-16(24-2)12-20(15)25-3/h4-12,17H,13-14H2,1-3H3/b11-9+. The fourth-order valence-electron chi connectivity index (χ4n) is 2.79. The largest absolute Gasteiger partial charge is 0.497 e. The third kappa shape index (κ3) is 4.53. The fraction of sp³-hybridized carbons (Fsp3) is 0.286. The summed E-state index contributed by atoms with van der Waals surface area (Å²) in [5, 5.41) is 0. The highest BCUT2D eigenvalue weighted by Gasteiger charge is 2.23. The Balaban J connectivity index is 1.60. The van der Waals surface area contributed by atoms with Crippen molar-refractivity contribution in [1.82, 2.24) is 4.90 Å². The smallest absolute Gasteiger partial charge is 0.246 e. The minimum Gasteiger partial charge on any atom is -0.497 e. The lowest BCUT2D eigenvalue weighted by Gasteiger charge is -2.29. The molecule has 1 atom stereocenters. The van der Waals surface area contributed by atoms with Crippen molar-refractivity contribution in [3.05, 3.63) is 54.1 Å². The van der Waals surface area contributed by atoms with E-state index in [1.807, 2.05) is 36.4 Å². The molecule has 2 aromatic carbocycles. The maximum Gasteiger partial charge on any atom is 0.246 e. The van der Waals surface area contributed by atoms with Gasteiger partial charge in [0.15, 0.2) is 17.6 Å². The van der Waals surface area contributed by atoms with E-state index in [0.29, 0.717) is 30.4 Å². The Morgan fingerprint density at radius 2 is 1.96 bits per heavy atom. The van der Waals surface area contributed by atoms with Gasteiger partial charge in [-0.3, -0.25) is 4.79 Å². The first kappa shape index (κ1) is 18.6. The second kappa shape index (κ2) is 8.49. The van der Waals surface area contributed by atoms with E-state index in [0.717, 1.165) is 11.3 Å². The molecule has 0 saturated carbocycles. The van der Waals surface area contributed by atoms with E-state index in [-0.39, 0.29) is 12.0 Å². The van der Waals surface area contributed by atoms with Gasteiger partial charge in [-0.2, -0.15) is 0 Å². The number of amides is 1. The van der Waals surface area contributed by atoms with Gasteiger partial charge in [-0.1, -0.05) is 12.1 Å². The van der Waals surface area contributed by atoms with Crippen molar-refractivity contribution < 1.29 is 23.7 Å². The Bertz CT molecular complexity index is 833. The van der Waals surface area contributed by atoms with E-state index in [1.54, 1.807) is 38.3 Å². The van der Waals surface area contributed by atoms with Crippen molar-refractivity contribution in [1.29, 1.82) is 0 Å². The molecule has 0 radical (unpaired) electrons. The lowest BCUT2D eigenvalue weighted by Crippen LogP contribution is -2.41. The third-order valence-electron chi connectivity index (χ3n) is 4.27. The Morgan fingerprint density at radius 3 is 2.70 bits per heavy atom. The molecule has 6 nitrogen and oxygen atoms in total. The molecule has 0 aliphatic carbocycles. The third-order valence-corrected chi connectivity index (χ3v) is 4.27. The number of nitrogens with zero attached hydrogens (tertiary/aromatic N) is 1. The maximum absolute atomic E-state index is 12.4. The van der Waals surface area contributed by atoms with Crippen molar-refractivity contribution in [2.24, 2.45) is 0 Å². The molecule has 142 valence electrons. The van der Waals surface area contributed by atoms with Crippen LogP contribution in [0.25, 0.3) is 6.08 Å². The summed E-state index contributed by atoms with van der Waals surface area (Å²) >= 11 is 0. The van der Waals surface area contributed by atoms with E-state index in [1.165, 1.54) is 6.08 Å². The van der Waals surface area contributed by atoms with Crippen LogP contribution >= 0.6 is 0 Å². The molecule has 27 heavy (non-hydrogen) atoms. The van der Waals surface area contributed by atoms with Crippen LogP contribution < -0.4 is 18.9 Å². The number of ether oxygens (including phenoxy) is 4. The summed E-state index contributed by atoms with van der Waals surface area (Å²) in [5.41, 5.74) is 0.797. The zero-order valence-corrected chi connectivity index (χ0v) is 15.7. The van der Waals surface area contributed by atoms with E-state index < -0.39 is 0 Å². The van der Waals surface area contributed by atoms with Crippen LogP contribution in [0.4, 0.5) is 0 Å². The normalized spacial score (nSPS) is 15.4. The van der Waals surface area contributed by atoms with Gasteiger partial charge in [0.2, 0.25) is 5.91 Å². The van der Waals surface area contributed by atoms with Crippen molar-refractivity contribution in [2.45, 2.75) is 6.10 Å². The van der Waals surface area contributed by atoms with Gasteiger partial charge in [-0.05, 0) is 30.3 Å². The van der Waals surface area contributed by atoms with Crippen LogP contribution in [0.3, 0.4) is 0 Å². The van der Waals surface area contributed by atoms with Gasteiger partial charge in [-0.25, -0.2) is 0 Å². The van der Waals surface area contributed by atoms with Gasteiger partial charge >= 0.3 is 0 Å². The Morgan fingerprint density at radius 1 is 1.19 bits per heavy atom. The predicted molar refractivity (Wildman–Crippen MR) is 103 cm³/mol. The quantitative estimate of drug-likeness (QED) is 0.733. The van der Waals surface area contributed by atoms with Crippen LogP contribution in [-0.2, 0) is 4.79 Å². The molecular formula is C21H23NO5. The first-order valence-electron chi connectivity index (χ1n) is 8.64. The molecule has 0 saturated heterocycles. The predicted octanol–water partition coefficient (Wildman–Crippen LogP) is 3.02. The lowest BCUT2D eigenvalue weighted by molar-refractivity contribution is -0.126. The number of benzene rings is 2. The molecule has 1 aliphatic heterocycles. The number of rotatable bonds is 6. The summed E-state index contributed by atoms with van der Waals surface area (Å²) in [4.78, 5) is 14.0. The van der Waals surface area contributed by atoms with Crippen molar-refractivity contribution in [3.63, 3.8) is 0 Å². The number of carbonyl (C=O) groups excluding carboxylic acids is 1. The monoisotopic (exact) mass is 369 g/mol. The van der Waals surface area contributed by atoms with Gasteiger partial charge in [0.05, 0.1) is 20.8 Å². The second-order valence-electron chi connectivity index (χ2n) is 6.16. The summed E-state index contributed by atoms with van der Waals surface area (Å²) in [6, 6.07) is 13.0. The summed E-state index contributed by atoms with van der Waals surface area (Å²) < 4.78 is 22.1. The summed E-state index contributed by atoms with van der Waals surface area (Å²) in [7, 11) is 4.92.